The molecule has 0 aliphatic heterocycles. The molecule has 0 bridgehead atoms. The van der Waals surface area contributed by atoms with E-state index in [-0.39, 0.29) is 12.0 Å². The van der Waals surface area contributed by atoms with Crippen molar-refractivity contribution in [1.82, 2.24) is 14.9 Å². The third-order valence-corrected chi connectivity index (χ3v) is 3.36. The first-order valence-corrected chi connectivity index (χ1v) is 7.43. The van der Waals surface area contributed by atoms with Crippen molar-refractivity contribution in [2.24, 2.45) is 5.41 Å². The molecule has 114 valence electrons. The van der Waals surface area contributed by atoms with Gasteiger partial charge in [0.15, 0.2) is 0 Å². The smallest absolute Gasteiger partial charge is 0.262 e. The Morgan fingerprint density at radius 2 is 2.14 bits per heavy atom. The number of hydrogen-bond donors (Lipinski definition) is 3. The van der Waals surface area contributed by atoms with Gasteiger partial charge in [-0.15, -0.1) is 0 Å². The summed E-state index contributed by atoms with van der Waals surface area (Å²) in [6.45, 7) is 6.39. The van der Waals surface area contributed by atoms with E-state index >= 15 is 0 Å². The van der Waals surface area contributed by atoms with Crippen molar-refractivity contribution in [2.45, 2.75) is 27.2 Å². The molecule has 2 aromatic rings. The molecule has 0 fully saturated rings. The van der Waals surface area contributed by atoms with Gasteiger partial charge in [-0.05, 0) is 39.9 Å². The number of aromatic nitrogens is 2. The van der Waals surface area contributed by atoms with Crippen molar-refractivity contribution < 1.29 is 10.0 Å². The highest BCUT2D eigenvalue weighted by Crippen LogP contribution is 2.27. The van der Waals surface area contributed by atoms with Gasteiger partial charge in [0.1, 0.15) is 11.5 Å². The van der Waals surface area contributed by atoms with Gasteiger partial charge in [0, 0.05) is 10.7 Å². The van der Waals surface area contributed by atoms with Gasteiger partial charge in [-0.3, -0.25) is 14.4 Å². The van der Waals surface area contributed by atoms with Crippen LogP contribution < -0.4 is 10.8 Å². The molecule has 0 radical (unpaired) electrons. The molecule has 2 rings (SSSR count). The minimum absolute atomic E-state index is 0.0199. The van der Waals surface area contributed by atoms with Crippen molar-refractivity contribution in [3.05, 3.63) is 28.5 Å². The van der Waals surface area contributed by atoms with Gasteiger partial charge in [-0.25, -0.2) is 10.5 Å². The number of nitrogens with zero attached hydrogens (tertiary/aromatic N) is 2. The van der Waals surface area contributed by atoms with E-state index in [0.29, 0.717) is 0 Å². The van der Waals surface area contributed by atoms with Crippen LogP contribution in [0, 0.1) is 5.41 Å². The maximum atomic E-state index is 11.2. The Morgan fingerprint density at radius 3 is 2.76 bits per heavy atom. The number of halogens is 1. The van der Waals surface area contributed by atoms with E-state index in [1.807, 2.05) is 22.7 Å². The molecule has 2 heterocycles. The van der Waals surface area contributed by atoms with Gasteiger partial charge >= 0.3 is 0 Å². The standard InChI is InChI=1S/C14H19BrN4O2/c1-14(2,3)6-10-13(16-7-12(20)18-21)19-8-9(15)4-5-11(19)17-10/h4-5,8,16,21H,6-7H2,1-3H3,(H,18,20). The number of hydrogen-bond acceptors (Lipinski definition) is 4. The summed E-state index contributed by atoms with van der Waals surface area (Å²) in [4.78, 5) is 15.9. The average Bonchev–Trinajstić information content (AvgIpc) is 2.70. The number of amides is 1. The van der Waals surface area contributed by atoms with E-state index < -0.39 is 5.91 Å². The molecule has 0 saturated heterocycles. The quantitative estimate of drug-likeness (QED) is 0.582. The molecular weight excluding hydrogens is 336 g/mol. The number of nitrogens with one attached hydrogen (secondary N) is 2. The lowest BCUT2D eigenvalue weighted by Crippen LogP contribution is -2.27. The number of hydroxylamine groups is 1. The molecule has 0 aliphatic carbocycles. The third-order valence-electron chi connectivity index (χ3n) is 2.89. The van der Waals surface area contributed by atoms with Crippen LogP contribution in [0.25, 0.3) is 5.65 Å². The number of pyridine rings is 1. The molecule has 1 amide bonds. The molecule has 0 unspecified atom stereocenters. The summed E-state index contributed by atoms with van der Waals surface area (Å²) in [5.41, 5.74) is 3.39. The zero-order valence-corrected chi connectivity index (χ0v) is 13.9. The van der Waals surface area contributed by atoms with Crippen LogP contribution >= 0.6 is 15.9 Å². The minimum atomic E-state index is -0.498. The number of fused-ring (bicyclic) bond motifs is 1. The fourth-order valence-corrected chi connectivity index (χ4v) is 2.42. The van der Waals surface area contributed by atoms with Gasteiger partial charge in [0.25, 0.3) is 5.91 Å². The molecule has 2 aromatic heterocycles. The Labute approximate surface area is 131 Å². The van der Waals surface area contributed by atoms with Crippen molar-refractivity contribution in [3.8, 4) is 0 Å². The van der Waals surface area contributed by atoms with E-state index in [9.17, 15) is 4.79 Å². The van der Waals surface area contributed by atoms with Crippen LogP contribution in [-0.4, -0.2) is 27.0 Å². The average molecular weight is 355 g/mol. The fraction of sp³-hybridized carbons (Fsp3) is 0.429. The van der Waals surface area contributed by atoms with Gasteiger partial charge in [0.05, 0.1) is 12.2 Å². The van der Waals surface area contributed by atoms with Crippen LogP contribution in [0.3, 0.4) is 0 Å². The van der Waals surface area contributed by atoms with Crippen molar-refractivity contribution in [1.29, 1.82) is 0 Å². The van der Waals surface area contributed by atoms with Crippen molar-refractivity contribution in [2.75, 3.05) is 11.9 Å². The Morgan fingerprint density at radius 1 is 1.43 bits per heavy atom. The molecule has 6 nitrogen and oxygen atoms in total. The maximum Gasteiger partial charge on any atom is 0.262 e. The second kappa shape index (κ2) is 6.03. The third kappa shape index (κ3) is 3.95. The first-order valence-electron chi connectivity index (χ1n) is 6.63. The molecule has 0 saturated carbocycles. The molecule has 0 aliphatic rings. The van der Waals surface area contributed by atoms with E-state index in [0.717, 1.165) is 28.1 Å². The van der Waals surface area contributed by atoms with E-state index in [1.54, 1.807) is 5.48 Å². The number of carbonyl (C=O) groups excluding carboxylic acids is 1. The Hall–Kier alpha value is -1.60. The van der Waals surface area contributed by atoms with Gasteiger partial charge in [-0.1, -0.05) is 20.8 Å². The number of rotatable bonds is 4. The monoisotopic (exact) mass is 354 g/mol. The van der Waals surface area contributed by atoms with E-state index in [4.69, 9.17) is 5.21 Å². The number of imidazole rings is 1. The summed E-state index contributed by atoms with van der Waals surface area (Å²) in [7, 11) is 0. The summed E-state index contributed by atoms with van der Waals surface area (Å²) in [5.74, 6) is 0.270. The second-order valence-electron chi connectivity index (χ2n) is 6.11. The highest BCUT2D eigenvalue weighted by molar-refractivity contribution is 9.10. The van der Waals surface area contributed by atoms with Gasteiger partial charge in [-0.2, -0.15) is 0 Å². The number of carbonyl (C=O) groups is 1. The zero-order chi connectivity index (χ0) is 15.6. The molecule has 0 atom stereocenters. The van der Waals surface area contributed by atoms with Gasteiger partial charge in [0.2, 0.25) is 0 Å². The van der Waals surface area contributed by atoms with Crippen LogP contribution in [0.15, 0.2) is 22.8 Å². The summed E-state index contributed by atoms with van der Waals surface area (Å²) in [6, 6.07) is 3.83. The lowest BCUT2D eigenvalue weighted by molar-refractivity contribution is -0.127. The largest absolute Gasteiger partial charge is 0.360 e. The topological polar surface area (TPSA) is 78.7 Å². The predicted octanol–water partition coefficient (Wildman–Crippen LogP) is 2.60. The number of anilines is 1. The Bertz CT molecular complexity index is 661. The summed E-state index contributed by atoms with van der Waals surface area (Å²) in [6.07, 6.45) is 2.67. The minimum Gasteiger partial charge on any atom is -0.360 e. The Kier molecular flexibility index (Phi) is 4.53. The van der Waals surface area contributed by atoms with Gasteiger partial charge < -0.3 is 5.32 Å². The van der Waals surface area contributed by atoms with Crippen LogP contribution in [0.1, 0.15) is 26.5 Å². The fourth-order valence-electron chi connectivity index (χ4n) is 2.08. The van der Waals surface area contributed by atoms with Crippen molar-refractivity contribution >= 4 is 33.3 Å². The normalized spacial score (nSPS) is 11.7. The van der Waals surface area contributed by atoms with E-state index in [2.05, 4.69) is 47.0 Å². The first kappa shape index (κ1) is 15.8. The SMILES string of the molecule is CC(C)(C)Cc1nc2ccc(Br)cn2c1NCC(=O)NO. The first-order chi connectivity index (χ1) is 9.80. The summed E-state index contributed by atoms with van der Waals surface area (Å²) >= 11 is 3.44. The van der Waals surface area contributed by atoms with Crippen LogP contribution in [0.2, 0.25) is 0 Å². The summed E-state index contributed by atoms with van der Waals surface area (Å²) < 4.78 is 2.82. The lowest BCUT2D eigenvalue weighted by Gasteiger charge is -2.17. The molecule has 7 heteroatoms. The highest BCUT2D eigenvalue weighted by Gasteiger charge is 2.19. The van der Waals surface area contributed by atoms with Crippen LogP contribution in [0.4, 0.5) is 5.82 Å². The van der Waals surface area contributed by atoms with Crippen LogP contribution in [0.5, 0.6) is 0 Å². The highest BCUT2D eigenvalue weighted by atomic mass is 79.9. The molecule has 0 spiro atoms. The molecule has 0 aromatic carbocycles. The zero-order valence-electron chi connectivity index (χ0n) is 12.3. The molecule has 3 N–H and O–H groups in total. The molecule has 21 heavy (non-hydrogen) atoms. The van der Waals surface area contributed by atoms with Crippen molar-refractivity contribution in [3.63, 3.8) is 0 Å². The predicted molar refractivity (Wildman–Crippen MR) is 84.5 cm³/mol. The van der Waals surface area contributed by atoms with Crippen LogP contribution in [-0.2, 0) is 11.2 Å². The second-order valence-corrected chi connectivity index (χ2v) is 7.02. The summed E-state index contributed by atoms with van der Waals surface area (Å²) in [5, 5.41) is 11.7. The maximum absolute atomic E-state index is 11.2. The van der Waals surface area contributed by atoms with E-state index in [1.165, 1.54) is 0 Å². The lowest BCUT2D eigenvalue weighted by atomic mass is 9.90. The Balaban J connectivity index is 2.43. The molecular formula is C14H19BrN4O2.